The Morgan fingerprint density at radius 1 is 1.11 bits per heavy atom. The second-order valence-electron chi connectivity index (χ2n) is 4.71. The van der Waals surface area contributed by atoms with Crippen molar-refractivity contribution in [3.8, 4) is 6.01 Å². The zero-order chi connectivity index (χ0) is 13.0. The van der Waals surface area contributed by atoms with E-state index in [1.165, 1.54) is 19.3 Å². The Morgan fingerprint density at radius 3 is 2.28 bits per heavy atom. The Labute approximate surface area is 108 Å². The minimum Gasteiger partial charge on any atom is -0.467 e. The summed E-state index contributed by atoms with van der Waals surface area (Å²) in [6.07, 6.45) is 3.78. The Balaban J connectivity index is 2.04. The second kappa shape index (κ2) is 5.37. The zero-order valence-electron chi connectivity index (χ0n) is 11.3. The highest BCUT2D eigenvalue weighted by atomic mass is 16.5. The predicted octanol–water partition coefficient (Wildman–Crippen LogP) is 1.91. The van der Waals surface area contributed by atoms with Gasteiger partial charge in [-0.15, -0.1) is 0 Å². The van der Waals surface area contributed by atoms with E-state index in [2.05, 4.69) is 32.5 Å². The van der Waals surface area contributed by atoms with Crippen molar-refractivity contribution >= 4 is 11.9 Å². The molecule has 100 valence electrons. The van der Waals surface area contributed by atoms with Gasteiger partial charge in [0, 0.05) is 13.1 Å². The first-order valence-corrected chi connectivity index (χ1v) is 6.49. The summed E-state index contributed by atoms with van der Waals surface area (Å²) in [7, 11) is 1.56. The number of nitrogens with zero attached hydrogens (tertiary/aromatic N) is 3. The lowest BCUT2D eigenvalue weighted by atomic mass is 10.0. The molecule has 6 heteroatoms. The normalized spacial score (nSPS) is 16.2. The molecule has 1 fully saturated rings. The van der Waals surface area contributed by atoms with Gasteiger partial charge in [-0.25, -0.2) is 0 Å². The van der Waals surface area contributed by atoms with Crippen LogP contribution in [0.5, 0.6) is 6.01 Å². The van der Waals surface area contributed by atoms with Crippen LogP contribution in [0.1, 0.15) is 33.1 Å². The number of hydrogen-bond donors (Lipinski definition) is 2. The van der Waals surface area contributed by atoms with Crippen molar-refractivity contribution in [2.24, 2.45) is 5.41 Å². The van der Waals surface area contributed by atoms with Gasteiger partial charge in [0.15, 0.2) is 0 Å². The topological polar surface area (TPSA) is 72.0 Å². The fraction of sp³-hybridized carbons (Fsp3) is 0.750. The van der Waals surface area contributed by atoms with Gasteiger partial charge in [0.1, 0.15) is 0 Å². The molecule has 0 amide bonds. The summed E-state index contributed by atoms with van der Waals surface area (Å²) in [6.45, 7) is 5.92. The van der Waals surface area contributed by atoms with E-state index in [1.807, 2.05) is 6.92 Å². The van der Waals surface area contributed by atoms with Crippen LogP contribution < -0.4 is 15.4 Å². The van der Waals surface area contributed by atoms with Gasteiger partial charge >= 0.3 is 6.01 Å². The van der Waals surface area contributed by atoms with E-state index in [1.54, 1.807) is 7.11 Å². The maximum atomic E-state index is 5.07. The first kappa shape index (κ1) is 12.9. The molecule has 6 nitrogen and oxygen atoms in total. The summed E-state index contributed by atoms with van der Waals surface area (Å²) in [4.78, 5) is 12.6. The molecular formula is C12H21N5O. The van der Waals surface area contributed by atoms with Crippen LogP contribution >= 0.6 is 0 Å². The van der Waals surface area contributed by atoms with E-state index in [-0.39, 0.29) is 0 Å². The van der Waals surface area contributed by atoms with Gasteiger partial charge in [0.2, 0.25) is 11.9 Å². The van der Waals surface area contributed by atoms with Gasteiger partial charge in [-0.1, -0.05) is 6.92 Å². The van der Waals surface area contributed by atoms with Crippen LogP contribution in [0.2, 0.25) is 0 Å². The van der Waals surface area contributed by atoms with Crippen LogP contribution in [-0.4, -0.2) is 35.2 Å². The molecule has 1 aliphatic carbocycles. The molecule has 2 N–H and O–H groups in total. The fourth-order valence-electron chi connectivity index (χ4n) is 1.86. The predicted molar refractivity (Wildman–Crippen MR) is 71.0 cm³/mol. The molecular weight excluding hydrogens is 230 g/mol. The van der Waals surface area contributed by atoms with Gasteiger partial charge in [-0.05, 0) is 31.6 Å². The molecule has 0 aromatic carbocycles. The average Bonchev–Trinajstić information content (AvgIpc) is 3.17. The minimum atomic E-state index is 0.338. The number of ether oxygens (including phenoxy) is 1. The summed E-state index contributed by atoms with van der Waals surface area (Å²) >= 11 is 0. The lowest BCUT2D eigenvalue weighted by molar-refractivity contribution is 0.379. The number of nitrogens with one attached hydrogen (secondary N) is 2. The molecule has 1 saturated carbocycles. The molecule has 0 atom stereocenters. The van der Waals surface area contributed by atoms with Crippen molar-refractivity contribution in [1.29, 1.82) is 0 Å². The largest absolute Gasteiger partial charge is 0.467 e. The van der Waals surface area contributed by atoms with Crippen LogP contribution in [0.3, 0.4) is 0 Å². The molecule has 18 heavy (non-hydrogen) atoms. The quantitative estimate of drug-likeness (QED) is 0.771. The highest BCUT2D eigenvalue weighted by Gasteiger charge is 2.40. The van der Waals surface area contributed by atoms with Crippen molar-refractivity contribution in [3.63, 3.8) is 0 Å². The van der Waals surface area contributed by atoms with Crippen molar-refractivity contribution in [2.45, 2.75) is 33.1 Å². The average molecular weight is 251 g/mol. The Hall–Kier alpha value is -1.59. The van der Waals surface area contributed by atoms with E-state index in [4.69, 9.17) is 4.74 Å². The van der Waals surface area contributed by atoms with Crippen molar-refractivity contribution in [3.05, 3.63) is 0 Å². The number of anilines is 2. The molecule has 0 radical (unpaired) electrons. The third-order valence-corrected chi connectivity index (χ3v) is 3.46. The van der Waals surface area contributed by atoms with E-state index in [0.717, 1.165) is 13.1 Å². The summed E-state index contributed by atoms with van der Waals surface area (Å²) in [5.74, 6) is 1.13. The summed E-state index contributed by atoms with van der Waals surface area (Å²) in [5, 5.41) is 6.36. The molecule has 0 unspecified atom stereocenters. The third kappa shape index (κ3) is 3.00. The van der Waals surface area contributed by atoms with E-state index >= 15 is 0 Å². The zero-order valence-corrected chi connectivity index (χ0v) is 11.3. The maximum Gasteiger partial charge on any atom is 0.322 e. The molecule has 0 saturated heterocycles. The smallest absolute Gasteiger partial charge is 0.322 e. The number of hydrogen-bond acceptors (Lipinski definition) is 6. The second-order valence-corrected chi connectivity index (χ2v) is 4.71. The summed E-state index contributed by atoms with van der Waals surface area (Å²) in [5.41, 5.74) is 0.457. The van der Waals surface area contributed by atoms with Crippen molar-refractivity contribution < 1.29 is 4.74 Å². The van der Waals surface area contributed by atoms with Gasteiger partial charge in [-0.2, -0.15) is 15.0 Å². The Kier molecular flexibility index (Phi) is 3.84. The lowest BCUT2D eigenvalue weighted by Crippen LogP contribution is -2.17. The standard InChI is InChI=1S/C12H21N5O/c1-4-12(6-7-12)8-14-10-15-9(13-5-2)16-11(17-10)18-3/h4-8H2,1-3H3,(H2,13,14,15,16,17). The van der Waals surface area contributed by atoms with Gasteiger partial charge < -0.3 is 15.4 Å². The van der Waals surface area contributed by atoms with Crippen LogP contribution in [0.15, 0.2) is 0 Å². The van der Waals surface area contributed by atoms with E-state index < -0.39 is 0 Å². The van der Waals surface area contributed by atoms with Gasteiger partial charge in [-0.3, -0.25) is 0 Å². The van der Waals surface area contributed by atoms with Gasteiger partial charge in [0.25, 0.3) is 0 Å². The number of aromatic nitrogens is 3. The lowest BCUT2D eigenvalue weighted by Gasteiger charge is -2.14. The number of rotatable bonds is 7. The molecule has 1 aliphatic rings. The molecule has 1 aromatic heterocycles. The highest BCUT2D eigenvalue weighted by Crippen LogP contribution is 2.48. The maximum absolute atomic E-state index is 5.07. The fourth-order valence-corrected chi connectivity index (χ4v) is 1.86. The molecule has 0 bridgehead atoms. The van der Waals surface area contributed by atoms with Gasteiger partial charge in [0.05, 0.1) is 7.11 Å². The van der Waals surface area contributed by atoms with Crippen molar-refractivity contribution in [2.75, 3.05) is 30.8 Å². The SMILES string of the molecule is CCNc1nc(NCC2(CC)CC2)nc(OC)n1. The summed E-state index contributed by atoms with van der Waals surface area (Å²) in [6, 6.07) is 0.338. The molecule has 0 spiro atoms. The first-order chi connectivity index (χ1) is 8.71. The van der Waals surface area contributed by atoms with Crippen LogP contribution in [0, 0.1) is 5.41 Å². The molecule has 1 heterocycles. The van der Waals surface area contributed by atoms with Crippen LogP contribution in [-0.2, 0) is 0 Å². The molecule has 2 rings (SSSR count). The minimum absolute atomic E-state index is 0.338. The monoisotopic (exact) mass is 251 g/mol. The Bertz CT molecular complexity index is 405. The van der Waals surface area contributed by atoms with E-state index in [0.29, 0.717) is 23.3 Å². The molecule has 0 aliphatic heterocycles. The van der Waals surface area contributed by atoms with E-state index in [9.17, 15) is 0 Å². The highest BCUT2D eigenvalue weighted by molar-refractivity contribution is 5.36. The first-order valence-electron chi connectivity index (χ1n) is 6.49. The Morgan fingerprint density at radius 2 is 1.78 bits per heavy atom. The van der Waals surface area contributed by atoms with Crippen molar-refractivity contribution in [1.82, 2.24) is 15.0 Å². The molecule has 1 aromatic rings. The van der Waals surface area contributed by atoms with Crippen LogP contribution in [0.25, 0.3) is 0 Å². The summed E-state index contributed by atoms with van der Waals surface area (Å²) < 4.78 is 5.07. The third-order valence-electron chi connectivity index (χ3n) is 3.46. The number of methoxy groups -OCH3 is 1. The van der Waals surface area contributed by atoms with Crippen LogP contribution in [0.4, 0.5) is 11.9 Å².